The zero-order valence-electron chi connectivity index (χ0n) is 19.0. The summed E-state index contributed by atoms with van der Waals surface area (Å²) >= 11 is 0. The summed E-state index contributed by atoms with van der Waals surface area (Å²) in [4.78, 5) is 19.8. The molecular formula is C26H27N5O3. The summed E-state index contributed by atoms with van der Waals surface area (Å²) in [5.74, 6) is 1.24. The van der Waals surface area contributed by atoms with Crippen molar-refractivity contribution in [1.29, 1.82) is 0 Å². The number of aromatic nitrogens is 2. The van der Waals surface area contributed by atoms with E-state index in [0.29, 0.717) is 29.4 Å². The van der Waals surface area contributed by atoms with E-state index in [0.717, 1.165) is 22.5 Å². The van der Waals surface area contributed by atoms with Crippen LogP contribution in [0.1, 0.15) is 24.3 Å². The highest BCUT2D eigenvalue weighted by molar-refractivity contribution is 5.99. The molecule has 0 saturated heterocycles. The minimum atomic E-state index is -0.736. The summed E-state index contributed by atoms with van der Waals surface area (Å²) in [7, 11) is 0. The van der Waals surface area contributed by atoms with Gasteiger partial charge in [-0.15, -0.1) is 0 Å². The Morgan fingerprint density at radius 3 is 2.59 bits per heavy atom. The molecule has 34 heavy (non-hydrogen) atoms. The number of nitrogens with one attached hydrogen (secondary N) is 4. The highest BCUT2D eigenvalue weighted by atomic mass is 16.5. The van der Waals surface area contributed by atoms with Crippen molar-refractivity contribution in [3.8, 4) is 22.9 Å². The van der Waals surface area contributed by atoms with Gasteiger partial charge in [0.1, 0.15) is 17.7 Å². The lowest BCUT2D eigenvalue weighted by atomic mass is 10.2. The highest BCUT2D eigenvalue weighted by Gasteiger charge is 2.11. The van der Waals surface area contributed by atoms with Crippen LogP contribution in [-0.2, 0) is 0 Å². The summed E-state index contributed by atoms with van der Waals surface area (Å²) in [5.41, 5.74) is 4.65. The molecule has 0 bridgehead atoms. The molecule has 2 aromatic heterocycles. The van der Waals surface area contributed by atoms with E-state index in [-0.39, 0.29) is 6.03 Å². The Kier molecular flexibility index (Phi) is 7.22. The Hall–Kier alpha value is -4.14. The van der Waals surface area contributed by atoms with E-state index in [1.807, 2.05) is 50.2 Å². The predicted molar refractivity (Wildman–Crippen MR) is 133 cm³/mol. The number of benzene rings is 2. The van der Waals surface area contributed by atoms with Crippen molar-refractivity contribution < 1.29 is 14.6 Å². The smallest absolute Gasteiger partial charge is 0.323 e. The maximum absolute atomic E-state index is 12.2. The van der Waals surface area contributed by atoms with E-state index in [2.05, 4.69) is 25.9 Å². The highest BCUT2D eigenvalue weighted by Crippen LogP contribution is 2.27. The van der Waals surface area contributed by atoms with Gasteiger partial charge in [0.25, 0.3) is 0 Å². The van der Waals surface area contributed by atoms with Gasteiger partial charge in [0.05, 0.1) is 11.4 Å². The number of aromatic amines is 1. The maximum atomic E-state index is 12.2. The second-order valence-electron chi connectivity index (χ2n) is 7.76. The number of pyridine rings is 1. The Labute approximate surface area is 198 Å². The lowest BCUT2D eigenvalue weighted by Crippen LogP contribution is -2.19. The van der Waals surface area contributed by atoms with Crippen LogP contribution >= 0.6 is 0 Å². The number of anilines is 2. The lowest BCUT2D eigenvalue weighted by molar-refractivity contribution is 0.142. The number of hydrogen-bond donors (Lipinski definition) is 5. The minimum absolute atomic E-state index is 0.317. The molecular weight excluding hydrogens is 430 g/mol. The van der Waals surface area contributed by atoms with E-state index >= 15 is 0 Å². The molecule has 4 rings (SSSR count). The van der Waals surface area contributed by atoms with Crippen molar-refractivity contribution in [2.45, 2.75) is 20.1 Å². The zero-order chi connectivity index (χ0) is 23.9. The van der Waals surface area contributed by atoms with Crippen LogP contribution in [0.4, 0.5) is 16.2 Å². The van der Waals surface area contributed by atoms with Crippen LogP contribution in [0, 0.1) is 6.92 Å². The van der Waals surface area contributed by atoms with E-state index in [4.69, 9.17) is 4.74 Å². The molecule has 1 unspecified atom stereocenters. The number of amides is 2. The van der Waals surface area contributed by atoms with Crippen LogP contribution in [0.3, 0.4) is 0 Å². The van der Waals surface area contributed by atoms with Gasteiger partial charge >= 0.3 is 6.03 Å². The maximum Gasteiger partial charge on any atom is 0.323 e. The number of carbonyl (C=O) groups is 1. The van der Waals surface area contributed by atoms with Gasteiger partial charge < -0.3 is 25.5 Å². The third-order valence-corrected chi connectivity index (χ3v) is 5.05. The number of ether oxygens (including phenoxy) is 1. The van der Waals surface area contributed by atoms with Crippen LogP contribution < -0.4 is 20.7 Å². The number of aliphatic hydroxyl groups is 1. The molecule has 4 aromatic rings. The van der Waals surface area contributed by atoms with Crippen molar-refractivity contribution in [2.24, 2.45) is 0 Å². The monoisotopic (exact) mass is 457 g/mol. The molecule has 8 nitrogen and oxygen atoms in total. The topological polar surface area (TPSA) is 111 Å². The van der Waals surface area contributed by atoms with Gasteiger partial charge in [-0.1, -0.05) is 19.1 Å². The van der Waals surface area contributed by atoms with Crippen LogP contribution in [0.5, 0.6) is 11.5 Å². The molecule has 2 aromatic carbocycles. The Morgan fingerprint density at radius 1 is 1.03 bits per heavy atom. The summed E-state index contributed by atoms with van der Waals surface area (Å²) in [6.07, 6.45) is 2.68. The molecule has 2 heterocycles. The molecule has 1 atom stereocenters. The van der Waals surface area contributed by atoms with E-state index in [9.17, 15) is 9.90 Å². The first-order chi connectivity index (χ1) is 16.5. The Balaban J connectivity index is 1.37. The summed E-state index contributed by atoms with van der Waals surface area (Å²) in [6, 6.07) is 19.8. The lowest BCUT2D eigenvalue weighted by Gasteiger charge is -2.10. The quantitative estimate of drug-likeness (QED) is 0.227. The largest absolute Gasteiger partial charge is 0.457 e. The molecule has 0 aliphatic rings. The molecule has 5 N–H and O–H groups in total. The Morgan fingerprint density at radius 2 is 1.82 bits per heavy atom. The number of carbonyl (C=O) groups excluding carboxylic acids is 1. The predicted octanol–water partition coefficient (Wildman–Crippen LogP) is 5.42. The molecule has 0 saturated carbocycles. The molecule has 0 spiro atoms. The molecule has 2 amide bonds. The van der Waals surface area contributed by atoms with Crippen molar-refractivity contribution in [2.75, 3.05) is 17.2 Å². The van der Waals surface area contributed by atoms with Crippen molar-refractivity contribution in [3.63, 3.8) is 0 Å². The SMILES string of the molecule is CCNC(O)c1c[nH]c(-c2cc(Oc3ccc(NC(=O)Nc4cccc(C)c4)cc3)ccn2)c1. The molecule has 8 heteroatoms. The second-order valence-corrected chi connectivity index (χ2v) is 7.76. The average molecular weight is 458 g/mol. The fourth-order valence-electron chi connectivity index (χ4n) is 3.41. The zero-order valence-corrected chi connectivity index (χ0v) is 19.0. The molecule has 0 radical (unpaired) electrons. The number of rotatable bonds is 8. The summed E-state index contributed by atoms with van der Waals surface area (Å²) in [6.45, 7) is 4.56. The van der Waals surface area contributed by atoms with E-state index < -0.39 is 6.23 Å². The number of aryl methyl sites for hydroxylation is 1. The van der Waals surface area contributed by atoms with E-state index in [1.54, 1.807) is 42.7 Å². The number of hydrogen-bond acceptors (Lipinski definition) is 5. The van der Waals surface area contributed by atoms with Crippen LogP contribution in [0.25, 0.3) is 11.4 Å². The molecule has 0 aliphatic carbocycles. The average Bonchev–Trinajstić information content (AvgIpc) is 3.31. The van der Waals surface area contributed by atoms with Gasteiger partial charge in [0, 0.05) is 35.4 Å². The van der Waals surface area contributed by atoms with Gasteiger partial charge in [-0.05, 0) is 67.6 Å². The summed E-state index contributed by atoms with van der Waals surface area (Å²) < 4.78 is 5.96. The van der Waals surface area contributed by atoms with Crippen molar-refractivity contribution in [3.05, 3.63) is 90.3 Å². The van der Waals surface area contributed by atoms with Gasteiger partial charge in [-0.3, -0.25) is 10.3 Å². The normalized spacial score (nSPS) is 11.6. The van der Waals surface area contributed by atoms with Crippen LogP contribution in [-0.4, -0.2) is 27.7 Å². The summed E-state index contributed by atoms with van der Waals surface area (Å²) in [5, 5.41) is 18.7. The van der Waals surface area contributed by atoms with E-state index in [1.165, 1.54) is 0 Å². The first-order valence-electron chi connectivity index (χ1n) is 11.0. The molecule has 174 valence electrons. The van der Waals surface area contributed by atoms with Gasteiger partial charge in [-0.2, -0.15) is 0 Å². The first kappa shape index (κ1) is 23.0. The fraction of sp³-hybridized carbons (Fsp3) is 0.154. The van der Waals surface area contributed by atoms with Crippen LogP contribution in [0.2, 0.25) is 0 Å². The molecule has 0 aliphatic heterocycles. The van der Waals surface area contributed by atoms with Crippen molar-refractivity contribution in [1.82, 2.24) is 15.3 Å². The second kappa shape index (κ2) is 10.7. The van der Waals surface area contributed by atoms with Crippen molar-refractivity contribution >= 4 is 17.4 Å². The minimum Gasteiger partial charge on any atom is -0.457 e. The van der Waals surface area contributed by atoms with Crippen LogP contribution in [0.15, 0.2) is 79.1 Å². The number of H-pyrrole nitrogens is 1. The number of urea groups is 1. The number of nitrogens with zero attached hydrogens (tertiary/aromatic N) is 1. The van der Waals surface area contributed by atoms with Gasteiger partial charge in [0.2, 0.25) is 0 Å². The first-order valence-corrected chi connectivity index (χ1v) is 11.0. The van der Waals surface area contributed by atoms with Gasteiger partial charge in [0.15, 0.2) is 0 Å². The third kappa shape index (κ3) is 6.00. The third-order valence-electron chi connectivity index (χ3n) is 5.05. The standard InChI is InChI=1S/C26H27N5O3/c1-3-27-25(32)18-14-23(29-16-18)24-15-22(11-12-28-24)34-21-9-7-19(8-10-21)30-26(33)31-20-6-4-5-17(2)13-20/h4-16,25,27,29,32H,3H2,1-2H3,(H2,30,31,33). The Bertz CT molecular complexity index is 1250. The fourth-order valence-corrected chi connectivity index (χ4v) is 3.41. The molecule has 0 fully saturated rings. The van der Waals surface area contributed by atoms with Gasteiger partial charge in [-0.25, -0.2) is 4.79 Å². The number of aliphatic hydroxyl groups excluding tert-OH is 1.